The van der Waals surface area contributed by atoms with Crippen LogP contribution in [0.1, 0.15) is 34.7 Å². The first-order valence-corrected chi connectivity index (χ1v) is 6.78. The van der Waals surface area contributed by atoms with Crippen molar-refractivity contribution in [3.05, 3.63) is 47.3 Å². The normalized spacial score (nSPS) is 14.1. The molecule has 1 aromatic carbocycles. The lowest BCUT2D eigenvalue weighted by Gasteiger charge is -2.06. The van der Waals surface area contributed by atoms with E-state index in [1.54, 1.807) is 0 Å². The van der Waals surface area contributed by atoms with E-state index >= 15 is 0 Å². The van der Waals surface area contributed by atoms with E-state index in [1.807, 2.05) is 37.3 Å². The topological polar surface area (TPSA) is 67.2 Å². The Morgan fingerprint density at radius 3 is 2.70 bits per heavy atom. The van der Waals surface area contributed by atoms with Gasteiger partial charge in [-0.15, -0.1) is 0 Å². The molecule has 5 heteroatoms. The molecule has 0 spiro atoms. The first-order valence-electron chi connectivity index (χ1n) is 6.78. The van der Waals surface area contributed by atoms with Gasteiger partial charge in [0.2, 0.25) is 0 Å². The number of hydrogen-bond donors (Lipinski definition) is 2. The Kier molecular flexibility index (Phi) is 3.41. The molecule has 20 heavy (non-hydrogen) atoms. The van der Waals surface area contributed by atoms with Crippen LogP contribution in [0.3, 0.4) is 0 Å². The van der Waals surface area contributed by atoms with Gasteiger partial charge in [-0.25, -0.2) is 0 Å². The number of benzene rings is 1. The SMILES string of the molecule is Cc1cc(CNc2ccc(C(=O)NC3CC3)cc2)no1. The maximum Gasteiger partial charge on any atom is 0.251 e. The van der Waals surface area contributed by atoms with Gasteiger partial charge in [-0.05, 0) is 44.0 Å². The monoisotopic (exact) mass is 271 g/mol. The van der Waals surface area contributed by atoms with Crippen LogP contribution in [0.15, 0.2) is 34.9 Å². The second kappa shape index (κ2) is 5.36. The molecule has 0 radical (unpaired) electrons. The van der Waals surface area contributed by atoms with Gasteiger partial charge < -0.3 is 15.2 Å². The number of rotatable bonds is 5. The number of hydrogen-bond acceptors (Lipinski definition) is 4. The summed E-state index contributed by atoms with van der Waals surface area (Å²) in [5, 5.41) is 10.1. The third-order valence-corrected chi connectivity index (χ3v) is 3.21. The summed E-state index contributed by atoms with van der Waals surface area (Å²) in [6, 6.07) is 9.73. The van der Waals surface area contributed by atoms with E-state index in [-0.39, 0.29) is 5.91 Å². The number of aromatic nitrogens is 1. The lowest BCUT2D eigenvalue weighted by atomic mass is 10.2. The third-order valence-electron chi connectivity index (χ3n) is 3.21. The Hall–Kier alpha value is -2.30. The molecule has 1 amide bonds. The zero-order valence-corrected chi connectivity index (χ0v) is 11.3. The molecule has 0 bridgehead atoms. The highest BCUT2D eigenvalue weighted by atomic mass is 16.5. The molecule has 1 aromatic heterocycles. The van der Waals surface area contributed by atoms with Gasteiger partial charge in [-0.2, -0.15) is 0 Å². The van der Waals surface area contributed by atoms with Gasteiger partial charge in [-0.1, -0.05) is 5.16 Å². The Bertz CT molecular complexity index is 600. The highest BCUT2D eigenvalue weighted by Crippen LogP contribution is 2.19. The zero-order valence-electron chi connectivity index (χ0n) is 11.3. The highest BCUT2D eigenvalue weighted by molar-refractivity contribution is 5.94. The van der Waals surface area contributed by atoms with Gasteiger partial charge in [-0.3, -0.25) is 4.79 Å². The van der Waals surface area contributed by atoms with Crippen LogP contribution in [0.5, 0.6) is 0 Å². The summed E-state index contributed by atoms with van der Waals surface area (Å²) in [7, 11) is 0. The first kappa shape index (κ1) is 12.7. The molecule has 1 aliphatic rings. The maximum absolute atomic E-state index is 11.8. The van der Waals surface area contributed by atoms with E-state index in [4.69, 9.17) is 4.52 Å². The van der Waals surface area contributed by atoms with Crippen molar-refractivity contribution in [3.8, 4) is 0 Å². The fourth-order valence-corrected chi connectivity index (χ4v) is 1.93. The number of carbonyl (C=O) groups excluding carboxylic acids is 1. The van der Waals surface area contributed by atoms with Crippen LogP contribution in [0.25, 0.3) is 0 Å². The van der Waals surface area contributed by atoms with Crippen molar-refractivity contribution in [2.45, 2.75) is 32.4 Å². The van der Waals surface area contributed by atoms with Crippen molar-refractivity contribution in [1.29, 1.82) is 0 Å². The fourth-order valence-electron chi connectivity index (χ4n) is 1.93. The minimum absolute atomic E-state index is 0.00572. The Balaban J connectivity index is 1.56. The van der Waals surface area contributed by atoms with E-state index in [9.17, 15) is 4.79 Å². The van der Waals surface area contributed by atoms with Gasteiger partial charge in [0.25, 0.3) is 5.91 Å². The largest absolute Gasteiger partial charge is 0.379 e. The summed E-state index contributed by atoms with van der Waals surface area (Å²) in [5.41, 5.74) is 2.51. The van der Waals surface area contributed by atoms with Crippen molar-refractivity contribution >= 4 is 11.6 Å². The Morgan fingerprint density at radius 2 is 2.10 bits per heavy atom. The van der Waals surface area contributed by atoms with Crippen molar-refractivity contribution in [1.82, 2.24) is 10.5 Å². The van der Waals surface area contributed by atoms with Crippen molar-refractivity contribution < 1.29 is 9.32 Å². The molecular formula is C15H17N3O2. The summed E-state index contributed by atoms with van der Waals surface area (Å²) >= 11 is 0. The molecule has 1 fully saturated rings. The summed E-state index contributed by atoms with van der Waals surface area (Å²) in [6.45, 7) is 2.47. The molecular weight excluding hydrogens is 254 g/mol. The van der Waals surface area contributed by atoms with E-state index in [1.165, 1.54) is 0 Å². The Morgan fingerprint density at radius 1 is 1.35 bits per heavy atom. The maximum atomic E-state index is 11.8. The molecule has 1 saturated carbocycles. The molecule has 0 saturated heterocycles. The lowest BCUT2D eigenvalue weighted by Crippen LogP contribution is -2.25. The van der Waals surface area contributed by atoms with Gasteiger partial charge in [0, 0.05) is 23.4 Å². The van der Waals surface area contributed by atoms with E-state index in [2.05, 4.69) is 15.8 Å². The average molecular weight is 271 g/mol. The number of amides is 1. The van der Waals surface area contributed by atoms with Gasteiger partial charge in [0.15, 0.2) is 0 Å². The van der Waals surface area contributed by atoms with E-state index in [0.717, 1.165) is 30.0 Å². The minimum Gasteiger partial charge on any atom is -0.379 e. The van der Waals surface area contributed by atoms with Crippen LogP contribution in [0.2, 0.25) is 0 Å². The van der Waals surface area contributed by atoms with Crippen LogP contribution in [-0.4, -0.2) is 17.1 Å². The number of nitrogens with zero attached hydrogens (tertiary/aromatic N) is 1. The van der Waals surface area contributed by atoms with Crippen LogP contribution in [0.4, 0.5) is 5.69 Å². The summed E-state index contributed by atoms with van der Waals surface area (Å²) in [4.78, 5) is 11.8. The van der Waals surface area contributed by atoms with E-state index < -0.39 is 0 Å². The molecule has 1 aliphatic carbocycles. The third kappa shape index (κ3) is 3.17. The molecule has 5 nitrogen and oxygen atoms in total. The summed E-state index contributed by atoms with van der Waals surface area (Å²) in [6.07, 6.45) is 2.20. The number of carbonyl (C=O) groups is 1. The summed E-state index contributed by atoms with van der Waals surface area (Å²) in [5.74, 6) is 0.806. The first-order chi connectivity index (χ1) is 9.70. The fraction of sp³-hybridized carbons (Fsp3) is 0.333. The van der Waals surface area contributed by atoms with Crippen LogP contribution < -0.4 is 10.6 Å². The van der Waals surface area contributed by atoms with Crippen LogP contribution in [-0.2, 0) is 6.54 Å². The van der Waals surface area contributed by atoms with Crippen LogP contribution in [0, 0.1) is 6.92 Å². The molecule has 0 aliphatic heterocycles. The molecule has 0 unspecified atom stereocenters. The van der Waals surface area contributed by atoms with Gasteiger partial charge in [0.1, 0.15) is 11.5 Å². The predicted octanol–water partition coefficient (Wildman–Crippen LogP) is 2.49. The predicted molar refractivity (Wildman–Crippen MR) is 75.5 cm³/mol. The standard InChI is InChI=1S/C15H17N3O2/c1-10-8-14(18-20-10)9-16-12-4-2-11(3-5-12)15(19)17-13-6-7-13/h2-5,8,13,16H,6-7,9H2,1H3,(H,17,19). The highest BCUT2D eigenvalue weighted by Gasteiger charge is 2.23. The van der Waals surface area contributed by atoms with Crippen molar-refractivity contribution in [3.63, 3.8) is 0 Å². The number of anilines is 1. The molecule has 104 valence electrons. The van der Waals surface area contributed by atoms with Gasteiger partial charge >= 0.3 is 0 Å². The molecule has 1 heterocycles. The second-order valence-corrected chi connectivity index (χ2v) is 5.11. The minimum atomic E-state index is 0.00572. The number of aryl methyl sites for hydroxylation is 1. The molecule has 2 aromatic rings. The van der Waals surface area contributed by atoms with Crippen molar-refractivity contribution in [2.75, 3.05) is 5.32 Å². The van der Waals surface area contributed by atoms with Crippen LogP contribution >= 0.6 is 0 Å². The number of nitrogens with one attached hydrogen (secondary N) is 2. The summed E-state index contributed by atoms with van der Waals surface area (Å²) < 4.78 is 5.00. The smallest absolute Gasteiger partial charge is 0.251 e. The Labute approximate surface area is 117 Å². The van der Waals surface area contributed by atoms with Crippen molar-refractivity contribution in [2.24, 2.45) is 0 Å². The van der Waals surface area contributed by atoms with Gasteiger partial charge in [0.05, 0.1) is 6.54 Å². The zero-order chi connectivity index (χ0) is 13.9. The average Bonchev–Trinajstić information content (AvgIpc) is 3.17. The molecule has 3 rings (SSSR count). The molecule has 0 atom stereocenters. The quantitative estimate of drug-likeness (QED) is 0.876. The van der Waals surface area contributed by atoms with E-state index in [0.29, 0.717) is 18.2 Å². The lowest BCUT2D eigenvalue weighted by molar-refractivity contribution is 0.0951. The molecule has 2 N–H and O–H groups in total. The second-order valence-electron chi connectivity index (χ2n) is 5.11.